The third kappa shape index (κ3) is 2.85. The molecule has 0 saturated carbocycles. The monoisotopic (exact) mass is 278 g/mol. The Balaban J connectivity index is 2.20. The minimum Gasteiger partial charge on any atom is -0.481 e. The Kier molecular flexibility index (Phi) is 3.83. The highest BCUT2D eigenvalue weighted by Crippen LogP contribution is 2.25. The third-order valence-corrected chi connectivity index (χ3v) is 2.73. The van der Waals surface area contributed by atoms with E-state index in [1.807, 2.05) is 6.92 Å². The predicted octanol–water partition coefficient (Wildman–Crippen LogP) is 2.22. The van der Waals surface area contributed by atoms with Crippen LogP contribution in [0.25, 0.3) is 0 Å². The molecule has 106 valence electrons. The number of hydrogen-bond donors (Lipinski definition) is 1. The molecule has 0 aliphatic rings. The molecule has 2 aromatic rings. The Hall–Kier alpha value is -2.64. The van der Waals surface area contributed by atoms with Crippen molar-refractivity contribution in [2.45, 2.75) is 20.4 Å². The van der Waals surface area contributed by atoms with Crippen LogP contribution >= 0.6 is 0 Å². The average Bonchev–Trinajstić information content (AvgIpc) is 2.75. The molecule has 0 aromatic carbocycles. The van der Waals surface area contributed by atoms with Crippen LogP contribution in [0.1, 0.15) is 17.3 Å². The number of nitrogens with one attached hydrogen (secondary N) is 1. The number of pyridine rings is 1. The summed E-state index contributed by atoms with van der Waals surface area (Å²) < 4.78 is 10.3. The molecular formula is C12H14N4O4. The summed E-state index contributed by atoms with van der Waals surface area (Å²) in [5, 5.41) is 13.8. The summed E-state index contributed by atoms with van der Waals surface area (Å²) >= 11 is 0. The van der Waals surface area contributed by atoms with E-state index >= 15 is 0 Å². The van der Waals surface area contributed by atoms with Gasteiger partial charge in [0.05, 0.1) is 24.3 Å². The lowest BCUT2D eigenvalue weighted by atomic mass is 10.4. The molecule has 0 bridgehead atoms. The number of rotatable bonds is 5. The van der Waals surface area contributed by atoms with Crippen molar-refractivity contribution in [1.29, 1.82) is 0 Å². The fraction of sp³-hybridized carbons (Fsp3) is 0.333. The lowest BCUT2D eigenvalue weighted by Crippen LogP contribution is -2.05. The van der Waals surface area contributed by atoms with Gasteiger partial charge < -0.3 is 14.5 Å². The lowest BCUT2D eigenvalue weighted by molar-refractivity contribution is -0.384. The number of aromatic nitrogens is 2. The van der Waals surface area contributed by atoms with Gasteiger partial charge in [-0.1, -0.05) is 0 Å². The van der Waals surface area contributed by atoms with Crippen LogP contribution in [-0.4, -0.2) is 22.0 Å². The van der Waals surface area contributed by atoms with Crippen molar-refractivity contribution >= 4 is 11.5 Å². The number of oxazole rings is 1. The van der Waals surface area contributed by atoms with Crippen LogP contribution in [-0.2, 0) is 6.54 Å². The zero-order valence-corrected chi connectivity index (χ0v) is 11.3. The smallest absolute Gasteiger partial charge is 0.311 e. The van der Waals surface area contributed by atoms with E-state index in [9.17, 15) is 10.1 Å². The summed E-state index contributed by atoms with van der Waals surface area (Å²) in [5.41, 5.74) is 0.653. The normalized spacial score (nSPS) is 10.3. The van der Waals surface area contributed by atoms with Crippen molar-refractivity contribution in [3.05, 3.63) is 39.6 Å². The number of nitro groups is 1. The molecule has 0 radical (unpaired) electrons. The molecular weight excluding hydrogens is 264 g/mol. The molecule has 0 aliphatic carbocycles. The van der Waals surface area contributed by atoms with E-state index in [0.717, 1.165) is 11.5 Å². The maximum absolute atomic E-state index is 10.9. The molecule has 8 nitrogen and oxygen atoms in total. The fourth-order valence-corrected chi connectivity index (χ4v) is 1.60. The largest absolute Gasteiger partial charge is 0.481 e. The van der Waals surface area contributed by atoms with Crippen LogP contribution in [0.15, 0.2) is 16.5 Å². The second-order valence-corrected chi connectivity index (χ2v) is 4.08. The first-order chi connectivity index (χ1) is 9.51. The zero-order chi connectivity index (χ0) is 14.7. The van der Waals surface area contributed by atoms with Gasteiger partial charge in [-0.2, -0.15) is 4.98 Å². The van der Waals surface area contributed by atoms with Crippen molar-refractivity contribution < 1.29 is 14.1 Å². The molecule has 0 unspecified atom stereocenters. The van der Waals surface area contributed by atoms with E-state index < -0.39 is 4.92 Å². The van der Waals surface area contributed by atoms with E-state index in [-0.39, 0.29) is 23.9 Å². The highest BCUT2D eigenvalue weighted by molar-refractivity contribution is 5.56. The Bertz CT molecular complexity index is 619. The zero-order valence-electron chi connectivity index (χ0n) is 11.3. The Morgan fingerprint density at radius 1 is 1.40 bits per heavy atom. The van der Waals surface area contributed by atoms with Crippen molar-refractivity contribution in [2.75, 3.05) is 12.4 Å². The molecule has 1 N–H and O–H groups in total. The summed E-state index contributed by atoms with van der Waals surface area (Å²) in [6.07, 6.45) is 0. The maximum Gasteiger partial charge on any atom is 0.311 e. The van der Waals surface area contributed by atoms with Crippen molar-refractivity contribution in [3.8, 4) is 5.88 Å². The van der Waals surface area contributed by atoms with Crippen molar-refractivity contribution in [2.24, 2.45) is 0 Å². The molecule has 0 spiro atoms. The van der Waals surface area contributed by atoms with Crippen LogP contribution in [0.3, 0.4) is 0 Å². The van der Waals surface area contributed by atoms with Crippen molar-refractivity contribution in [1.82, 2.24) is 9.97 Å². The molecule has 0 saturated heterocycles. The predicted molar refractivity (Wildman–Crippen MR) is 70.7 cm³/mol. The van der Waals surface area contributed by atoms with Crippen LogP contribution in [0.5, 0.6) is 5.88 Å². The molecule has 0 aliphatic heterocycles. The Morgan fingerprint density at radius 3 is 2.70 bits per heavy atom. The summed E-state index contributed by atoms with van der Waals surface area (Å²) in [7, 11) is 1.44. The highest BCUT2D eigenvalue weighted by Gasteiger charge is 2.17. The SMILES string of the molecule is COc1ccc([N+](=O)[O-])c(NCc2nc(C)c(C)o2)n1. The van der Waals surface area contributed by atoms with Gasteiger partial charge in [0, 0.05) is 12.1 Å². The lowest BCUT2D eigenvalue weighted by Gasteiger charge is -2.05. The number of ether oxygens (including phenoxy) is 1. The molecule has 2 heterocycles. The van der Waals surface area contributed by atoms with Gasteiger partial charge in [-0.3, -0.25) is 10.1 Å². The van der Waals surface area contributed by atoms with Gasteiger partial charge in [0.15, 0.2) is 0 Å². The van der Waals surface area contributed by atoms with Gasteiger partial charge in [0.1, 0.15) is 5.76 Å². The summed E-state index contributed by atoms with van der Waals surface area (Å²) in [5.74, 6) is 1.56. The average molecular weight is 278 g/mol. The fourth-order valence-electron chi connectivity index (χ4n) is 1.60. The first-order valence-electron chi connectivity index (χ1n) is 5.87. The van der Waals surface area contributed by atoms with Gasteiger partial charge in [-0.15, -0.1) is 0 Å². The standard InChI is InChI=1S/C12H14N4O4/c1-7-8(2)20-11(14-7)6-13-12-9(16(17)18)4-5-10(15-12)19-3/h4-5H,6H2,1-3H3,(H,13,15). The topological polar surface area (TPSA) is 103 Å². The van der Waals surface area contributed by atoms with Crippen LogP contribution < -0.4 is 10.1 Å². The molecule has 20 heavy (non-hydrogen) atoms. The first kappa shape index (κ1) is 13.8. The number of aryl methyl sites for hydroxylation is 2. The number of nitrogens with zero attached hydrogens (tertiary/aromatic N) is 3. The van der Waals surface area contributed by atoms with Gasteiger partial charge in [0.2, 0.25) is 17.6 Å². The Morgan fingerprint density at radius 2 is 2.15 bits per heavy atom. The molecule has 2 aromatic heterocycles. The third-order valence-electron chi connectivity index (χ3n) is 2.73. The van der Waals surface area contributed by atoms with Crippen LogP contribution in [0, 0.1) is 24.0 Å². The summed E-state index contributed by atoms with van der Waals surface area (Å²) in [6, 6.07) is 2.77. The molecule has 2 rings (SSSR count). The first-order valence-corrected chi connectivity index (χ1v) is 5.87. The van der Waals surface area contributed by atoms with E-state index in [0.29, 0.717) is 5.89 Å². The Labute approximate surface area is 114 Å². The number of methoxy groups -OCH3 is 1. The van der Waals surface area contributed by atoms with E-state index in [2.05, 4.69) is 15.3 Å². The quantitative estimate of drug-likeness (QED) is 0.660. The van der Waals surface area contributed by atoms with Gasteiger partial charge in [-0.25, -0.2) is 4.98 Å². The van der Waals surface area contributed by atoms with E-state index in [1.165, 1.54) is 19.2 Å². The van der Waals surface area contributed by atoms with Crippen LogP contribution in [0.4, 0.5) is 11.5 Å². The summed E-state index contributed by atoms with van der Waals surface area (Å²) in [4.78, 5) is 18.6. The molecule has 0 atom stereocenters. The minimum absolute atomic E-state index is 0.114. The van der Waals surface area contributed by atoms with Crippen molar-refractivity contribution in [3.63, 3.8) is 0 Å². The highest BCUT2D eigenvalue weighted by atomic mass is 16.6. The second-order valence-electron chi connectivity index (χ2n) is 4.08. The molecule has 8 heteroatoms. The number of anilines is 1. The molecule has 0 amide bonds. The minimum atomic E-state index is -0.513. The van der Waals surface area contributed by atoms with Crippen LogP contribution in [0.2, 0.25) is 0 Å². The van der Waals surface area contributed by atoms with Gasteiger partial charge in [0.25, 0.3) is 0 Å². The van der Waals surface area contributed by atoms with E-state index in [4.69, 9.17) is 9.15 Å². The van der Waals surface area contributed by atoms with E-state index in [1.54, 1.807) is 6.92 Å². The maximum atomic E-state index is 10.9. The number of hydrogen-bond acceptors (Lipinski definition) is 7. The van der Waals surface area contributed by atoms with Gasteiger partial charge in [-0.05, 0) is 13.8 Å². The summed E-state index contributed by atoms with van der Waals surface area (Å²) in [6.45, 7) is 3.84. The second kappa shape index (κ2) is 5.55. The molecule has 0 fully saturated rings. The van der Waals surface area contributed by atoms with Gasteiger partial charge >= 0.3 is 5.69 Å².